The van der Waals surface area contributed by atoms with E-state index in [4.69, 9.17) is 35.9 Å². The van der Waals surface area contributed by atoms with Gasteiger partial charge in [-0.25, -0.2) is 0 Å². The zero-order valence-electron chi connectivity index (χ0n) is 20.1. The average molecular weight is 484 g/mol. The largest absolute Gasteiger partial charge is 0.467 e. The van der Waals surface area contributed by atoms with Crippen LogP contribution in [0.15, 0.2) is 12.1 Å². The number of carbonyl (C=O) groups excluding carboxylic acids is 1. The van der Waals surface area contributed by atoms with Crippen LogP contribution in [0.25, 0.3) is 0 Å². The zero-order chi connectivity index (χ0) is 24.1. The molecular weight excluding hydrogens is 446 g/mol. The lowest BCUT2D eigenvalue weighted by Crippen LogP contribution is -2.41. The van der Waals surface area contributed by atoms with Gasteiger partial charge in [-0.05, 0) is 42.7 Å². The maximum Gasteiger partial charge on any atom is 0.188 e. The van der Waals surface area contributed by atoms with Crippen LogP contribution >= 0.6 is 12.2 Å². The van der Waals surface area contributed by atoms with Gasteiger partial charge in [0.2, 0.25) is 0 Å². The van der Waals surface area contributed by atoms with Crippen molar-refractivity contribution in [2.75, 3.05) is 73.7 Å². The van der Waals surface area contributed by atoms with Crippen LogP contribution in [0, 0.1) is 0 Å². The van der Waals surface area contributed by atoms with E-state index in [1.807, 2.05) is 19.9 Å². The number of morpholine rings is 1. The van der Waals surface area contributed by atoms with E-state index in [2.05, 4.69) is 15.5 Å². The molecule has 0 unspecified atom stereocenters. The van der Waals surface area contributed by atoms with E-state index in [9.17, 15) is 4.79 Å². The fourth-order valence-corrected chi connectivity index (χ4v) is 3.56. The van der Waals surface area contributed by atoms with Crippen LogP contribution < -0.4 is 20.1 Å². The summed E-state index contributed by atoms with van der Waals surface area (Å²) in [5.41, 5.74) is 1.34. The Balaban J connectivity index is 1.93. The first-order valence-electron chi connectivity index (χ1n) is 11.2. The topological polar surface area (TPSA) is 90.5 Å². The van der Waals surface area contributed by atoms with Gasteiger partial charge >= 0.3 is 0 Å². The summed E-state index contributed by atoms with van der Waals surface area (Å²) in [4.78, 5) is 15.4. The average Bonchev–Trinajstić information content (AvgIpc) is 2.82. The Hall–Kier alpha value is -1.98. The van der Waals surface area contributed by atoms with Crippen LogP contribution in [0.1, 0.15) is 42.1 Å². The number of rotatable bonds is 14. The molecule has 0 amide bonds. The second kappa shape index (κ2) is 15.0. The van der Waals surface area contributed by atoms with Crippen molar-refractivity contribution in [2.24, 2.45) is 0 Å². The van der Waals surface area contributed by atoms with Crippen LogP contribution in [0.5, 0.6) is 11.5 Å². The maximum absolute atomic E-state index is 13.0. The Morgan fingerprint density at radius 3 is 2.39 bits per heavy atom. The quantitative estimate of drug-likeness (QED) is 0.178. The smallest absolute Gasteiger partial charge is 0.188 e. The molecule has 33 heavy (non-hydrogen) atoms. The van der Waals surface area contributed by atoms with E-state index in [0.29, 0.717) is 22.2 Å². The molecule has 0 atom stereocenters. The predicted octanol–water partition coefficient (Wildman–Crippen LogP) is 2.14. The first-order valence-corrected chi connectivity index (χ1v) is 11.6. The summed E-state index contributed by atoms with van der Waals surface area (Å²) in [5, 5.41) is 6.62. The van der Waals surface area contributed by atoms with Crippen molar-refractivity contribution in [3.05, 3.63) is 23.3 Å². The molecular formula is C23H37N3O6S. The van der Waals surface area contributed by atoms with Crippen molar-refractivity contribution in [3.63, 3.8) is 0 Å². The maximum atomic E-state index is 13.0. The third kappa shape index (κ3) is 9.42. The molecule has 1 aliphatic rings. The third-order valence-corrected chi connectivity index (χ3v) is 5.44. The van der Waals surface area contributed by atoms with Gasteiger partial charge in [0.05, 0.1) is 25.3 Å². The number of hydrogen-bond acceptors (Lipinski definition) is 8. The number of carbonyl (C=O) groups is 1. The van der Waals surface area contributed by atoms with Crippen molar-refractivity contribution < 1.29 is 28.5 Å². The monoisotopic (exact) mass is 483 g/mol. The summed E-state index contributed by atoms with van der Waals surface area (Å²) in [6.45, 7) is 9.50. The molecule has 2 N–H and O–H groups in total. The fourth-order valence-electron chi connectivity index (χ4n) is 3.38. The van der Waals surface area contributed by atoms with E-state index in [1.165, 1.54) is 7.11 Å². The number of hydrogen-bond donors (Lipinski definition) is 2. The second-order valence-electron chi connectivity index (χ2n) is 7.98. The summed E-state index contributed by atoms with van der Waals surface area (Å²) in [6.07, 6.45) is 0.964. The molecule has 0 aromatic heterocycles. The van der Waals surface area contributed by atoms with Gasteiger partial charge < -0.3 is 34.3 Å². The summed E-state index contributed by atoms with van der Waals surface area (Å²) >= 11 is 5.34. The van der Waals surface area contributed by atoms with Gasteiger partial charge in [-0.3, -0.25) is 9.69 Å². The Morgan fingerprint density at radius 2 is 1.76 bits per heavy atom. The molecule has 0 saturated carbocycles. The van der Waals surface area contributed by atoms with Gasteiger partial charge in [-0.2, -0.15) is 0 Å². The van der Waals surface area contributed by atoms with E-state index >= 15 is 0 Å². The highest BCUT2D eigenvalue weighted by atomic mass is 32.1. The van der Waals surface area contributed by atoms with Crippen molar-refractivity contribution in [1.82, 2.24) is 15.5 Å². The van der Waals surface area contributed by atoms with E-state index in [-0.39, 0.29) is 31.8 Å². The Morgan fingerprint density at radius 1 is 1.09 bits per heavy atom. The van der Waals surface area contributed by atoms with Crippen molar-refractivity contribution in [3.8, 4) is 11.5 Å². The molecule has 10 heteroatoms. The van der Waals surface area contributed by atoms with Gasteiger partial charge in [-0.1, -0.05) is 13.8 Å². The zero-order valence-corrected chi connectivity index (χ0v) is 20.9. The molecule has 0 spiro atoms. The third-order valence-electron chi connectivity index (χ3n) is 5.15. The molecule has 0 bridgehead atoms. The molecule has 2 rings (SSSR count). The van der Waals surface area contributed by atoms with Gasteiger partial charge in [0, 0.05) is 39.9 Å². The number of ether oxygens (including phenoxy) is 5. The summed E-state index contributed by atoms with van der Waals surface area (Å²) in [5.74, 6) is 1.00. The summed E-state index contributed by atoms with van der Waals surface area (Å²) in [6, 6.07) is 3.52. The van der Waals surface area contributed by atoms with E-state index < -0.39 is 0 Å². The Labute approximate surface area is 202 Å². The molecule has 1 saturated heterocycles. The lowest BCUT2D eigenvalue weighted by Gasteiger charge is -2.26. The number of thiocarbonyl (C=S) groups is 1. The highest BCUT2D eigenvalue weighted by molar-refractivity contribution is 7.80. The molecule has 0 radical (unpaired) electrons. The lowest BCUT2D eigenvalue weighted by molar-refractivity contribution is 0.0376. The molecule has 1 fully saturated rings. The SMILES string of the molecule is COCOc1cc(OCOC)c(C(C)C)cc1C(=O)CNC(=S)NCCCN1CCOCC1. The number of Topliss-reactive ketones (excluding diaryl/α,β-unsaturated/α-hetero) is 1. The number of benzene rings is 1. The second-order valence-corrected chi connectivity index (χ2v) is 8.39. The number of nitrogens with one attached hydrogen (secondary N) is 2. The minimum absolute atomic E-state index is 0.0154. The molecule has 1 aromatic rings. The normalized spacial score (nSPS) is 14.2. The lowest BCUT2D eigenvalue weighted by atomic mass is 9.97. The molecule has 9 nitrogen and oxygen atoms in total. The van der Waals surface area contributed by atoms with Crippen molar-refractivity contribution >= 4 is 23.1 Å². The van der Waals surface area contributed by atoms with Crippen LogP contribution in [0.4, 0.5) is 0 Å². The Kier molecular flexibility index (Phi) is 12.4. The summed E-state index contributed by atoms with van der Waals surface area (Å²) < 4.78 is 26.7. The minimum Gasteiger partial charge on any atom is -0.467 e. The predicted molar refractivity (Wildman–Crippen MR) is 130 cm³/mol. The van der Waals surface area contributed by atoms with Crippen molar-refractivity contribution in [2.45, 2.75) is 26.2 Å². The van der Waals surface area contributed by atoms with Gasteiger partial charge in [-0.15, -0.1) is 0 Å². The number of ketones is 1. The minimum atomic E-state index is -0.140. The number of nitrogens with zero attached hydrogens (tertiary/aromatic N) is 1. The highest BCUT2D eigenvalue weighted by Gasteiger charge is 2.20. The molecule has 1 heterocycles. The molecule has 186 valence electrons. The van der Waals surface area contributed by atoms with Gasteiger partial charge in [0.1, 0.15) is 11.5 Å². The van der Waals surface area contributed by atoms with Crippen molar-refractivity contribution in [1.29, 1.82) is 0 Å². The van der Waals surface area contributed by atoms with Crippen LogP contribution in [0.2, 0.25) is 0 Å². The summed E-state index contributed by atoms with van der Waals surface area (Å²) in [7, 11) is 3.08. The molecule has 0 aliphatic carbocycles. The first kappa shape index (κ1) is 27.3. The van der Waals surface area contributed by atoms with Gasteiger partial charge in [0.15, 0.2) is 24.5 Å². The molecule has 1 aliphatic heterocycles. The van der Waals surface area contributed by atoms with Crippen LogP contribution in [0.3, 0.4) is 0 Å². The van der Waals surface area contributed by atoms with Crippen LogP contribution in [-0.2, 0) is 14.2 Å². The molecule has 1 aromatic carbocycles. The van der Waals surface area contributed by atoms with E-state index in [1.54, 1.807) is 13.2 Å². The highest BCUT2D eigenvalue weighted by Crippen LogP contribution is 2.34. The van der Waals surface area contributed by atoms with Crippen LogP contribution in [-0.4, -0.2) is 89.5 Å². The first-order chi connectivity index (χ1) is 16.0. The standard InChI is InChI=1S/C23H37N3O6S/c1-17(2)18-12-19(22(32-16-29-4)13-21(18)31-15-28-3)20(27)14-25-23(33)24-6-5-7-26-8-10-30-11-9-26/h12-13,17H,5-11,14-16H2,1-4H3,(H2,24,25,33). The van der Waals surface area contributed by atoms with E-state index in [0.717, 1.165) is 51.4 Å². The number of methoxy groups -OCH3 is 2. The fraction of sp³-hybridized carbons (Fsp3) is 0.652. The Bertz CT molecular complexity index is 756. The van der Waals surface area contributed by atoms with Gasteiger partial charge in [0.25, 0.3) is 0 Å².